The predicted molar refractivity (Wildman–Crippen MR) is 100 cm³/mol. The van der Waals surface area contributed by atoms with Gasteiger partial charge in [0.05, 0.1) is 4.90 Å². The second-order valence-corrected chi connectivity index (χ2v) is 7.88. The molecule has 0 bridgehead atoms. The van der Waals surface area contributed by atoms with Crippen LogP contribution in [0.5, 0.6) is 0 Å². The lowest BCUT2D eigenvalue weighted by Crippen LogP contribution is -2.02. The fourth-order valence-corrected chi connectivity index (χ4v) is 4.72. The van der Waals surface area contributed by atoms with Gasteiger partial charge in [0.15, 0.2) is 0 Å². The van der Waals surface area contributed by atoms with Crippen LogP contribution in [0.2, 0.25) is 0 Å². The van der Waals surface area contributed by atoms with Crippen LogP contribution in [-0.2, 0) is 5.75 Å². The van der Waals surface area contributed by atoms with Gasteiger partial charge in [-0.1, -0.05) is 48.5 Å². The molecule has 24 heavy (non-hydrogen) atoms. The van der Waals surface area contributed by atoms with E-state index >= 15 is 0 Å². The maximum Gasteiger partial charge on any atom is 0.673 e. The van der Waals surface area contributed by atoms with Crippen LogP contribution in [0.15, 0.2) is 68.7 Å². The van der Waals surface area contributed by atoms with Crippen molar-refractivity contribution in [2.24, 2.45) is 0 Å². The third-order valence-electron chi connectivity index (χ3n) is 2.90. The van der Waals surface area contributed by atoms with E-state index in [0.717, 1.165) is 5.75 Å². The van der Waals surface area contributed by atoms with Crippen LogP contribution < -0.4 is 0 Å². The summed E-state index contributed by atoms with van der Waals surface area (Å²) in [6.07, 6.45) is 0. The average molecular weight is 435 g/mol. The van der Waals surface area contributed by atoms with Gasteiger partial charge in [0.1, 0.15) is 0 Å². The van der Waals surface area contributed by atoms with Crippen molar-refractivity contribution in [1.82, 2.24) is 0 Å². The average Bonchev–Trinajstić information content (AvgIpc) is 2.53. The molecule has 0 saturated heterocycles. The molecule has 0 aliphatic carbocycles. The summed E-state index contributed by atoms with van der Waals surface area (Å²) in [7, 11) is -6.00. The molecule has 0 aliphatic heterocycles. The summed E-state index contributed by atoms with van der Waals surface area (Å²) in [5, 5.41) is 4.84. The Morgan fingerprint density at radius 2 is 1.50 bits per heavy atom. The molecule has 0 aliphatic rings. The standard InChI is InChI=1S/C16H12BrS2.BF4/c17-16-15(18-10-12-6-2-1-3-7-12)14-9-5-4-8-13(14)11-19-16;2-1(3,4)5/h1-9,11H,10H2;/q+1;-1. The molecule has 0 nitrogen and oxygen atoms in total. The van der Waals surface area contributed by atoms with Gasteiger partial charge in [0.2, 0.25) is 16.7 Å². The number of hydrogen-bond acceptors (Lipinski definition) is 1. The van der Waals surface area contributed by atoms with Gasteiger partial charge in [-0.15, -0.1) is 11.8 Å². The molecule has 1 heterocycles. The zero-order valence-corrected chi connectivity index (χ0v) is 15.5. The van der Waals surface area contributed by atoms with Crippen LogP contribution in [0.25, 0.3) is 10.8 Å². The molecule has 0 radical (unpaired) electrons. The predicted octanol–water partition coefficient (Wildman–Crippen LogP) is 7.54. The quantitative estimate of drug-likeness (QED) is 0.177. The van der Waals surface area contributed by atoms with Gasteiger partial charge in [-0.05, 0) is 11.6 Å². The van der Waals surface area contributed by atoms with E-state index < -0.39 is 7.25 Å². The molecule has 8 heteroatoms. The minimum atomic E-state index is -6.00. The topological polar surface area (TPSA) is 0 Å². The molecule has 0 atom stereocenters. The molecule has 0 saturated carbocycles. The molecule has 0 N–H and O–H groups in total. The van der Waals surface area contributed by atoms with Crippen LogP contribution in [0, 0.1) is 0 Å². The van der Waals surface area contributed by atoms with Crippen molar-refractivity contribution in [1.29, 1.82) is 0 Å². The second kappa shape index (κ2) is 8.83. The van der Waals surface area contributed by atoms with Gasteiger partial charge >= 0.3 is 7.25 Å². The van der Waals surface area contributed by atoms with Crippen LogP contribution in [0.4, 0.5) is 17.3 Å². The summed E-state index contributed by atoms with van der Waals surface area (Å²) < 4.78 is 40.2. The van der Waals surface area contributed by atoms with Crippen molar-refractivity contribution < 1.29 is 17.3 Å². The first-order chi connectivity index (χ1) is 11.3. The lowest BCUT2D eigenvalue weighted by Gasteiger charge is -2.03. The van der Waals surface area contributed by atoms with Gasteiger partial charge in [-0.3, -0.25) is 0 Å². The molecule has 3 rings (SSSR count). The summed E-state index contributed by atoms with van der Waals surface area (Å²) >= 11 is 7.34. The largest absolute Gasteiger partial charge is 0.673 e. The van der Waals surface area contributed by atoms with Gasteiger partial charge in [0, 0.05) is 32.5 Å². The molecule has 0 unspecified atom stereocenters. The molecule has 0 spiro atoms. The zero-order valence-electron chi connectivity index (χ0n) is 12.3. The SMILES string of the molecule is Brc1[s+]cc2ccccc2c1SCc1ccccc1.F[B-](F)(F)F. The van der Waals surface area contributed by atoms with E-state index in [4.69, 9.17) is 0 Å². The van der Waals surface area contributed by atoms with E-state index in [9.17, 15) is 17.3 Å². The summed E-state index contributed by atoms with van der Waals surface area (Å²) in [5.41, 5.74) is 1.36. The van der Waals surface area contributed by atoms with Crippen LogP contribution in [0.3, 0.4) is 0 Å². The minimum absolute atomic E-state index is 1.00. The summed E-state index contributed by atoms with van der Waals surface area (Å²) in [4.78, 5) is 1.34. The number of fused-ring (bicyclic) bond motifs is 1. The molecule has 2 aromatic carbocycles. The van der Waals surface area contributed by atoms with Crippen molar-refractivity contribution in [2.45, 2.75) is 10.6 Å². The van der Waals surface area contributed by atoms with Crippen molar-refractivity contribution in [3.05, 3.63) is 69.3 Å². The number of hydrogen-bond donors (Lipinski definition) is 0. The van der Waals surface area contributed by atoms with Crippen LogP contribution in [0.1, 0.15) is 5.56 Å². The highest BCUT2D eigenvalue weighted by Gasteiger charge is 2.20. The Labute approximate surface area is 154 Å². The van der Waals surface area contributed by atoms with E-state index in [1.807, 2.05) is 11.8 Å². The Kier molecular flexibility index (Phi) is 7.07. The maximum absolute atomic E-state index is 9.75. The molecule has 1 aromatic heterocycles. The van der Waals surface area contributed by atoms with Crippen molar-refractivity contribution in [3.8, 4) is 0 Å². The molecular weight excluding hydrogens is 423 g/mol. The molecular formula is C16H12BBrF4S2. The Morgan fingerprint density at radius 3 is 2.17 bits per heavy atom. The fourth-order valence-electron chi connectivity index (χ4n) is 1.95. The first-order valence-corrected chi connectivity index (χ1v) is 9.53. The van der Waals surface area contributed by atoms with Gasteiger partial charge in [-0.25, -0.2) is 0 Å². The number of rotatable bonds is 3. The Balaban J connectivity index is 0.000000368. The van der Waals surface area contributed by atoms with Gasteiger partial charge in [0.25, 0.3) is 3.79 Å². The summed E-state index contributed by atoms with van der Waals surface area (Å²) in [5.74, 6) is 1.00. The fraction of sp³-hybridized carbons (Fsp3) is 0.0625. The number of thioether (sulfide) groups is 1. The van der Waals surface area contributed by atoms with E-state index in [1.165, 1.54) is 25.0 Å². The lowest BCUT2D eigenvalue weighted by atomic mass is 10.2. The number of halogens is 5. The smallest absolute Gasteiger partial charge is 0.418 e. The molecule has 0 fully saturated rings. The van der Waals surface area contributed by atoms with Crippen molar-refractivity contribution in [3.63, 3.8) is 0 Å². The van der Waals surface area contributed by atoms with E-state index in [2.05, 4.69) is 75.9 Å². The van der Waals surface area contributed by atoms with E-state index in [0.29, 0.717) is 0 Å². The Bertz CT molecular complexity index is 791. The lowest BCUT2D eigenvalue weighted by molar-refractivity contribution is 0.368. The third kappa shape index (κ3) is 6.41. The Hall–Kier alpha value is -1.12. The Morgan fingerprint density at radius 1 is 0.917 bits per heavy atom. The second-order valence-electron chi connectivity index (χ2n) is 4.69. The van der Waals surface area contributed by atoms with Crippen LogP contribution >= 0.6 is 39.0 Å². The zero-order chi connectivity index (χ0) is 17.6. The number of benzene rings is 2. The normalized spacial score (nSPS) is 11.0. The summed E-state index contributed by atoms with van der Waals surface area (Å²) in [6, 6.07) is 19.2. The minimum Gasteiger partial charge on any atom is -0.418 e. The van der Waals surface area contributed by atoms with Crippen molar-refractivity contribution >= 4 is 57.1 Å². The third-order valence-corrected chi connectivity index (χ3v) is 6.22. The first-order valence-electron chi connectivity index (χ1n) is 6.87. The van der Waals surface area contributed by atoms with Gasteiger partial charge in [-0.2, -0.15) is 0 Å². The highest BCUT2D eigenvalue weighted by Crippen LogP contribution is 2.38. The first kappa shape index (κ1) is 19.2. The molecule has 0 amide bonds. The van der Waals surface area contributed by atoms with E-state index in [1.54, 1.807) is 11.3 Å². The monoisotopic (exact) mass is 434 g/mol. The van der Waals surface area contributed by atoms with Gasteiger partial charge < -0.3 is 17.3 Å². The molecule has 126 valence electrons. The highest BCUT2D eigenvalue weighted by molar-refractivity contribution is 9.11. The highest BCUT2D eigenvalue weighted by atomic mass is 79.9. The summed E-state index contributed by atoms with van der Waals surface area (Å²) in [6.45, 7) is 0. The molecule has 3 aromatic rings. The van der Waals surface area contributed by atoms with Crippen molar-refractivity contribution in [2.75, 3.05) is 0 Å². The van der Waals surface area contributed by atoms with E-state index in [-0.39, 0.29) is 0 Å². The maximum atomic E-state index is 9.75. The van der Waals surface area contributed by atoms with Crippen LogP contribution in [-0.4, -0.2) is 7.25 Å².